The minimum atomic E-state index is -0.378. The van der Waals surface area contributed by atoms with E-state index in [0.717, 1.165) is 42.2 Å². The summed E-state index contributed by atoms with van der Waals surface area (Å²) in [6.45, 7) is 6.86. The molecule has 150 valence electrons. The monoisotopic (exact) mass is 428 g/mol. The molecule has 0 saturated carbocycles. The lowest BCUT2D eigenvalue weighted by Crippen LogP contribution is -2.50. The SMILES string of the molecule is Cc1ccc(NC(=S)N2CCN(c3ncnc4c(C)csc34)CC2)cc1[N+](=O)[O-]. The van der Waals surface area contributed by atoms with E-state index in [4.69, 9.17) is 12.2 Å². The molecular formula is C19H20N6O2S2. The molecule has 2 aromatic heterocycles. The van der Waals surface area contributed by atoms with Crippen LogP contribution in [0.4, 0.5) is 17.2 Å². The Labute approximate surface area is 177 Å². The lowest BCUT2D eigenvalue weighted by atomic mass is 10.2. The smallest absolute Gasteiger partial charge is 0.274 e. The highest BCUT2D eigenvalue weighted by atomic mass is 32.1. The number of aryl methyl sites for hydroxylation is 2. The minimum absolute atomic E-state index is 0.0849. The number of hydrogen-bond donors (Lipinski definition) is 1. The van der Waals surface area contributed by atoms with Crippen LogP contribution >= 0.6 is 23.6 Å². The van der Waals surface area contributed by atoms with Crippen LogP contribution in [0, 0.1) is 24.0 Å². The Hall–Kier alpha value is -2.85. The Morgan fingerprint density at radius 1 is 1.21 bits per heavy atom. The summed E-state index contributed by atoms with van der Waals surface area (Å²) in [5.74, 6) is 0.973. The summed E-state index contributed by atoms with van der Waals surface area (Å²) in [6.07, 6.45) is 1.63. The average molecular weight is 429 g/mol. The van der Waals surface area contributed by atoms with Crippen molar-refractivity contribution < 1.29 is 4.92 Å². The van der Waals surface area contributed by atoms with Gasteiger partial charge in [-0.1, -0.05) is 6.07 Å². The minimum Gasteiger partial charge on any atom is -0.352 e. The van der Waals surface area contributed by atoms with Crippen LogP contribution in [-0.4, -0.2) is 51.1 Å². The number of hydrogen-bond acceptors (Lipinski definition) is 7. The second-order valence-corrected chi connectivity index (χ2v) is 8.22. The summed E-state index contributed by atoms with van der Waals surface area (Å²) in [7, 11) is 0. The van der Waals surface area contributed by atoms with Crippen molar-refractivity contribution in [1.29, 1.82) is 0 Å². The van der Waals surface area contributed by atoms with Crippen molar-refractivity contribution in [3.8, 4) is 0 Å². The first kappa shape index (κ1) is 19.5. The number of nitro benzene ring substituents is 1. The van der Waals surface area contributed by atoms with Crippen molar-refractivity contribution in [1.82, 2.24) is 14.9 Å². The molecule has 1 aliphatic heterocycles. The Bertz CT molecular complexity index is 1090. The first-order valence-corrected chi connectivity index (χ1v) is 10.5. The van der Waals surface area contributed by atoms with Crippen molar-refractivity contribution in [2.45, 2.75) is 13.8 Å². The number of rotatable bonds is 3. The first-order chi connectivity index (χ1) is 13.9. The zero-order chi connectivity index (χ0) is 20.5. The molecule has 10 heteroatoms. The van der Waals surface area contributed by atoms with E-state index in [0.29, 0.717) is 16.4 Å². The Morgan fingerprint density at radius 3 is 2.69 bits per heavy atom. The predicted octanol–water partition coefficient (Wildman–Crippen LogP) is 3.74. The van der Waals surface area contributed by atoms with Crippen molar-refractivity contribution >= 4 is 56.1 Å². The molecule has 3 heterocycles. The first-order valence-electron chi connectivity index (χ1n) is 9.19. The number of thiophene rings is 1. The standard InChI is InChI=1S/C19H20N6O2S2/c1-12-3-4-14(9-15(12)25(26)27)22-19(28)24-7-5-23(6-8-24)18-17-16(20-11-21-18)13(2)10-29-17/h3-4,9-11H,5-8H2,1-2H3,(H,22,28). The van der Waals surface area contributed by atoms with E-state index >= 15 is 0 Å². The van der Waals surface area contributed by atoms with Gasteiger partial charge in [-0.3, -0.25) is 10.1 Å². The summed E-state index contributed by atoms with van der Waals surface area (Å²) < 4.78 is 1.12. The molecule has 0 atom stereocenters. The average Bonchev–Trinajstić information content (AvgIpc) is 3.10. The van der Waals surface area contributed by atoms with Crippen LogP contribution in [0.25, 0.3) is 10.2 Å². The molecule has 0 radical (unpaired) electrons. The molecule has 0 spiro atoms. The van der Waals surface area contributed by atoms with Crippen LogP contribution in [0.2, 0.25) is 0 Å². The van der Waals surface area contributed by atoms with Gasteiger partial charge in [-0.15, -0.1) is 11.3 Å². The predicted molar refractivity (Wildman–Crippen MR) is 120 cm³/mol. The van der Waals surface area contributed by atoms with Gasteiger partial charge in [0.05, 0.1) is 15.1 Å². The highest BCUT2D eigenvalue weighted by molar-refractivity contribution is 7.80. The van der Waals surface area contributed by atoms with Gasteiger partial charge in [0.2, 0.25) is 0 Å². The maximum Gasteiger partial charge on any atom is 0.274 e. The number of nitrogens with zero attached hydrogens (tertiary/aromatic N) is 5. The number of nitrogens with one attached hydrogen (secondary N) is 1. The molecule has 0 amide bonds. The third-order valence-corrected chi connectivity index (χ3v) is 6.48. The maximum absolute atomic E-state index is 11.1. The number of fused-ring (bicyclic) bond motifs is 1. The van der Waals surface area contributed by atoms with E-state index in [-0.39, 0.29) is 10.6 Å². The highest BCUT2D eigenvalue weighted by Crippen LogP contribution is 2.31. The number of nitro groups is 1. The molecular weight excluding hydrogens is 408 g/mol. The summed E-state index contributed by atoms with van der Waals surface area (Å²) in [4.78, 5) is 24.0. The van der Waals surface area contributed by atoms with Gasteiger partial charge in [0.1, 0.15) is 12.1 Å². The number of aromatic nitrogens is 2. The molecule has 0 unspecified atom stereocenters. The van der Waals surface area contributed by atoms with E-state index in [1.54, 1.807) is 30.7 Å². The summed E-state index contributed by atoms with van der Waals surface area (Å²) in [6, 6.07) is 5.06. The fraction of sp³-hybridized carbons (Fsp3) is 0.316. The lowest BCUT2D eigenvalue weighted by Gasteiger charge is -2.36. The van der Waals surface area contributed by atoms with Gasteiger partial charge in [-0.05, 0) is 43.1 Å². The fourth-order valence-corrected chi connectivity index (χ4v) is 4.71. The van der Waals surface area contributed by atoms with Gasteiger partial charge in [-0.25, -0.2) is 9.97 Å². The third kappa shape index (κ3) is 3.85. The van der Waals surface area contributed by atoms with E-state index < -0.39 is 0 Å². The number of piperazine rings is 1. The van der Waals surface area contributed by atoms with Crippen molar-refractivity contribution in [2.24, 2.45) is 0 Å². The molecule has 0 aliphatic carbocycles. The second-order valence-electron chi connectivity index (χ2n) is 6.96. The maximum atomic E-state index is 11.1. The van der Waals surface area contributed by atoms with Crippen LogP contribution in [0.15, 0.2) is 29.9 Å². The van der Waals surface area contributed by atoms with Gasteiger partial charge < -0.3 is 15.1 Å². The van der Waals surface area contributed by atoms with Gasteiger partial charge in [0, 0.05) is 43.5 Å². The van der Waals surface area contributed by atoms with E-state index in [1.165, 1.54) is 11.6 Å². The molecule has 1 aromatic carbocycles. The Kier molecular flexibility index (Phi) is 5.29. The summed E-state index contributed by atoms with van der Waals surface area (Å²) in [5, 5.41) is 17.0. The van der Waals surface area contributed by atoms with E-state index in [9.17, 15) is 10.1 Å². The van der Waals surface area contributed by atoms with Crippen LogP contribution < -0.4 is 10.2 Å². The van der Waals surface area contributed by atoms with Gasteiger partial charge in [-0.2, -0.15) is 0 Å². The zero-order valence-corrected chi connectivity index (χ0v) is 17.7. The van der Waals surface area contributed by atoms with Crippen molar-refractivity contribution in [2.75, 3.05) is 36.4 Å². The van der Waals surface area contributed by atoms with Crippen molar-refractivity contribution in [3.63, 3.8) is 0 Å². The Morgan fingerprint density at radius 2 is 1.97 bits per heavy atom. The van der Waals surface area contributed by atoms with Gasteiger partial charge in [0.25, 0.3) is 5.69 Å². The molecule has 1 aliphatic rings. The topological polar surface area (TPSA) is 87.4 Å². The van der Waals surface area contributed by atoms with Crippen LogP contribution in [0.1, 0.15) is 11.1 Å². The normalized spacial score (nSPS) is 14.3. The number of anilines is 2. The lowest BCUT2D eigenvalue weighted by molar-refractivity contribution is -0.385. The number of benzene rings is 1. The molecule has 1 N–H and O–H groups in total. The van der Waals surface area contributed by atoms with Crippen LogP contribution in [-0.2, 0) is 0 Å². The summed E-state index contributed by atoms with van der Waals surface area (Å²) >= 11 is 7.21. The molecule has 3 aromatic rings. The molecule has 1 fully saturated rings. The Balaban J connectivity index is 1.42. The molecule has 4 rings (SSSR count). The largest absolute Gasteiger partial charge is 0.352 e. The highest BCUT2D eigenvalue weighted by Gasteiger charge is 2.23. The molecule has 0 bridgehead atoms. The van der Waals surface area contributed by atoms with E-state index in [1.807, 2.05) is 6.07 Å². The molecule has 1 saturated heterocycles. The number of thiocarbonyl (C=S) groups is 1. The van der Waals surface area contributed by atoms with Crippen LogP contribution in [0.3, 0.4) is 0 Å². The fourth-order valence-electron chi connectivity index (χ4n) is 3.39. The van der Waals surface area contributed by atoms with Gasteiger partial charge >= 0.3 is 0 Å². The van der Waals surface area contributed by atoms with Crippen molar-refractivity contribution in [3.05, 3.63) is 51.1 Å². The second kappa shape index (κ2) is 7.88. The summed E-state index contributed by atoms with van der Waals surface area (Å²) in [5.41, 5.74) is 3.52. The third-order valence-electron chi connectivity index (χ3n) is 5.04. The quantitative estimate of drug-likeness (QED) is 0.384. The van der Waals surface area contributed by atoms with Crippen LogP contribution in [0.5, 0.6) is 0 Å². The molecule has 8 nitrogen and oxygen atoms in total. The van der Waals surface area contributed by atoms with E-state index in [2.05, 4.69) is 37.4 Å². The zero-order valence-electron chi connectivity index (χ0n) is 16.1. The molecule has 29 heavy (non-hydrogen) atoms. The van der Waals surface area contributed by atoms with Gasteiger partial charge in [0.15, 0.2) is 5.11 Å².